The molecule has 2 rings (SSSR count). The van der Waals surface area contributed by atoms with Crippen molar-refractivity contribution >= 4 is 11.9 Å². The lowest BCUT2D eigenvalue weighted by Crippen LogP contribution is -2.25. The summed E-state index contributed by atoms with van der Waals surface area (Å²) in [5.41, 5.74) is 2.08. The number of anilines is 1. The standard InChI is InChI=1S/C15H18N3O.CH4/c1-17-10-8-13(9-11-17)12-16-18(2)14-4-6-15(19-3)7-5-14;/h4-12H,1-3H3;1H4/q+1;. The molecular formula is C16H22N3O+. The predicted octanol–water partition coefficient (Wildman–Crippen LogP) is 2.63. The van der Waals surface area contributed by atoms with E-state index in [0.29, 0.717) is 0 Å². The number of aryl methyl sites for hydroxylation is 1. The van der Waals surface area contributed by atoms with Crippen LogP contribution >= 0.6 is 0 Å². The highest BCUT2D eigenvalue weighted by Crippen LogP contribution is 2.18. The minimum absolute atomic E-state index is 0. The van der Waals surface area contributed by atoms with Crippen LogP contribution in [0.15, 0.2) is 53.9 Å². The molecule has 0 saturated carbocycles. The van der Waals surface area contributed by atoms with E-state index >= 15 is 0 Å². The molecule has 4 nitrogen and oxygen atoms in total. The third-order valence-electron chi connectivity index (χ3n) is 2.83. The second-order valence-corrected chi connectivity index (χ2v) is 4.26. The minimum atomic E-state index is 0. The monoisotopic (exact) mass is 272 g/mol. The molecule has 0 saturated heterocycles. The van der Waals surface area contributed by atoms with Crippen LogP contribution in [0.3, 0.4) is 0 Å². The Bertz CT molecular complexity index is 547. The van der Waals surface area contributed by atoms with Crippen molar-refractivity contribution in [1.29, 1.82) is 0 Å². The molecular weight excluding hydrogens is 250 g/mol. The second-order valence-electron chi connectivity index (χ2n) is 4.26. The zero-order valence-corrected chi connectivity index (χ0v) is 11.4. The smallest absolute Gasteiger partial charge is 0.169 e. The number of benzene rings is 1. The summed E-state index contributed by atoms with van der Waals surface area (Å²) in [7, 11) is 5.57. The molecule has 0 bridgehead atoms. The number of hydrogen-bond acceptors (Lipinski definition) is 3. The third kappa shape index (κ3) is 4.09. The van der Waals surface area contributed by atoms with Crippen LogP contribution in [0, 0.1) is 0 Å². The van der Waals surface area contributed by atoms with E-state index in [-0.39, 0.29) is 7.43 Å². The first-order valence-electron chi connectivity index (χ1n) is 6.06. The molecule has 0 aliphatic carbocycles. The normalized spacial score (nSPS) is 10.2. The van der Waals surface area contributed by atoms with Crippen molar-refractivity contribution in [3.63, 3.8) is 0 Å². The summed E-state index contributed by atoms with van der Waals surface area (Å²) in [5, 5.41) is 6.23. The first-order chi connectivity index (χ1) is 9.19. The molecule has 0 unspecified atom stereocenters. The fourth-order valence-corrected chi connectivity index (χ4v) is 1.62. The summed E-state index contributed by atoms with van der Waals surface area (Å²) in [5.74, 6) is 0.844. The SMILES string of the molecule is C.COc1ccc(N(C)N=Cc2cc[n+](C)cc2)cc1. The number of ether oxygens (including phenoxy) is 1. The molecule has 20 heavy (non-hydrogen) atoms. The van der Waals surface area contributed by atoms with E-state index < -0.39 is 0 Å². The van der Waals surface area contributed by atoms with E-state index in [2.05, 4.69) is 5.10 Å². The Morgan fingerprint density at radius 2 is 1.70 bits per heavy atom. The van der Waals surface area contributed by atoms with E-state index in [1.54, 1.807) is 7.11 Å². The number of pyridine rings is 1. The summed E-state index contributed by atoms with van der Waals surface area (Å²) in [6.45, 7) is 0. The number of nitrogens with zero attached hydrogens (tertiary/aromatic N) is 3. The highest BCUT2D eigenvalue weighted by Gasteiger charge is 1.99. The van der Waals surface area contributed by atoms with Gasteiger partial charge in [0.05, 0.1) is 19.0 Å². The molecule has 0 aliphatic rings. The van der Waals surface area contributed by atoms with Crippen LogP contribution < -0.4 is 14.3 Å². The zero-order chi connectivity index (χ0) is 13.7. The van der Waals surface area contributed by atoms with E-state index in [4.69, 9.17) is 4.74 Å². The van der Waals surface area contributed by atoms with Crippen molar-refractivity contribution in [2.24, 2.45) is 12.1 Å². The van der Waals surface area contributed by atoms with Crippen LogP contribution in [0.1, 0.15) is 13.0 Å². The number of methoxy groups -OCH3 is 1. The van der Waals surface area contributed by atoms with Crippen LogP contribution in [0.4, 0.5) is 5.69 Å². The molecule has 0 aliphatic heterocycles. The van der Waals surface area contributed by atoms with Crippen LogP contribution in [0.25, 0.3) is 0 Å². The number of hydrazone groups is 1. The van der Waals surface area contributed by atoms with Gasteiger partial charge < -0.3 is 4.74 Å². The predicted molar refractivity (Wildman–Crippen MR) is 83.3 cm³/mol. The molecule has 1 aromatic heterocycles. The minimum Gasteiger partial charge on any atom is -0.497 e. The van der Waals surface area contributed by atoms with Gasteiger partial charge in [0, 0.05) is 24.7 Å². The van der Waals surface area contributed by atoms with Gasteiger partial charge in [-0.05, 0) is 24.3 Å². The van der Waals surface area contributed by atoms with E-state index in [1.165, 1.54) is 0 Å². The second kappa shape index (κ2) is 7.28. The molecule has 0 N–H and O–H groups in total. The first kappa shape index (κ1) is 15.7. The van der Waals surface area contributed by atoms with Crippen molar-refractivity contribution in [1.82, 2.24) is 0 Å². The van der Waals surface area contributed by atoms with Gasteiger partial charge in [0.1, 0.15) is 12.8 Å². The summed E-state index contributed by atoms with van der Waals surface area (Å²) < 4.78 is 7.12. The molecule has 0 radical (unpaired) electrons. The van der Waals surface area contributed by atoms with Gasteiger partial charge in [0.15, 0.2) is 12.4 Å². The maximum atomic E-state index is 5.13. The maximum Gasteiger partial charge on any atom is 0.169 e. The summed E-state index contributed by atoms with van der Waals surface area (Å²) in [6.07, 6.45) is 5.83. The van der Waals surface area contributed by atoms with Gasteiger partial charge in [-0.2, -0.15) is 5.10 Å². The van der Waals surface area contributed by atoms with Gasteiger partial charge in [-0.1, -0.05) is 7.43 Å². The molecule has 0 atom stereocenters. The van der Waals surface area contributed by atoms with Crippen LogP contribution in [0.5, 0.6) is 5.75 Å². The van der Waals surface area contributed by atoms with Crippen LogP contribution in [-0.4, -0.2) is 20.4 Å². The van der Waals surface area contributed by atoms with Gasteiger partial charge in [0.2, 0.25) is 0 Å². The lowest BCUT2D eigenvalue weighted by Gasteiger charge is -2.12. The van der Waals surface area contributed by atoms with Crippen molar-refractivity contribution in [3.05, 3.63) is 54.4 Å². The lowest BCUT2D eigenvalue weighted by atomic mass is 10.3. The highest BCUT2D eigenvalue weighted by molar-refractivity contribution is 5.79. The summed E-state index contributed by atoms with van der Waals surface area (Å²) in [6, 6.07) is 11.8. The topological polar surface area (TPSA) is 28.7 Å². The van der Waals surface area contributed by atoms with E-state index in [9.17, 15) is 0 Å². The molecule has 106 valence electrons. The highest BCUT2D eigenvalue weighted by atomic mass is 16.5. The quantitative estimate of drug-likeness (QED) is 0.486. The van der Waals surface area contributed by atoms with Crippen molar-refractivity contribution < 1.29 is 9.30 Å². The number of hydrogen-bond donors (Lipinski definition) is 0. The molecule has 0 spiro atoms. The molecule has 1 heterocycles. The first-order valence-corrected chi connectivity index (χ1v) is 6.06. The Morgan fingerprint density at radius 1 is 1.10 bits per heavy atom. The van der Waals surface area contributed by atoms with E-state index in [0.717, 1.165) is 17.0 Å². The fourth-order valence-electron chi connectivity index (χ4n) is 1.62. The summed E-state index contributed by atoms with van der Waals surface area (Å²) in [4.78, 5) is 0. The average molecular weight is 272 g/mol. The molecule has 2 aromatic rings. The molecule has 0 amide bonds. The molecule has 0 fully saturated rings. The fraction of sp³-hybridized carbons (Fsp3) is 0.250. The van der Waals surface area contributed by atoms with Crippen LogP contribution in [-0.2, 0) is 7.05 Å². The van der Waals surface area contributed by atoms with Crippen molar-refractivity contribution in [2.75, 3.05) is 19.2 Å². The Balaban J connectivity index is 0.00000200. The number of aromatic nitrogens is 1. The van der Waals surface area contributed by atoms with Gasteiger partial charge in [0.25, 0.3) is 0 Å². The molecule has 1 aromatic carbocycles. The van der Waals surface area contributed by atoms with Crippen LogP contribution in [0.2, 0.25) is 0 Å². The zero-order valence-electron chi connectivity index (χ0n) is 11.4. The molecule has 4 heteroatoms. The Labute approximate surface area is 120 Å². The van der Waals surface area contributed by atoms with Crippen molar-refractivity contribution in [3.8, 4) is 5.75 Å². The third-order valence-corrected chi connectivity index (χ3v) is 2.83. The van der Waals surface area contributed by atoms with Gasteiger partial charge in [-0.15, -0.1) is 0 Å². The Kier molecular flexibility index (Phi) is 5.72. The van der Waals surface area contributed by atoms with Gasteiger partial charge in [-0.25, -0.2) is 4.57 Å². The average Bonchev–Trinajstić information content (AvgIpc) is 2.46. The van der Waals surface area contributed by atoms with E-state index in [1.807, 2.05) is 78.7 Å². The lowest BCUT2D eigenvalue weighted by molar-refractivity contribution is -0.671. The van der Waals surface area contributed by atoms with Gasteiger partial charge >= 0.3 is 0 Å². The Hall–Kier alpha value is -2.36. The largest absolute Gasteiger partial charge is 0.497 e. The van der Waals surface area contributed by atoms with Crippen molar-refractivity contribution in [2.45, 2.75) is 7.43 Å². The number of rotatable bonds is 4. The Morgan fingerprint density at radius 3 is 2.25 bits per heavy atom. The van der Waals surface area contributed by atoms with Gasteiger partial charge in [-0.3, -0.25) is 5.01 Å². The summed E-state index contributed by atoms with van der Waals surface area (Å²) >= 11 is 0. The maximum absolute atomic E-state index is 5.13.